The third-order valence-corrected chi connectivity index (χ3v) is 9.10. The van der Waals surface area contributed by atoms with Crippen molar-refractivity contribution in [1.29, 1.82) is 5.26 Å². The molecule has 3 heterocycles. The highest BCUT2D eigenvalue weighted by molar-refractivity contribution is 7.25. The normalized spacial score (nSPS) is 11.1. The maximum absolute atomic E-state index is 9.41. The third kappa shape index (κ3) is 5.14. The zero-order valence-corrected chi connectivity index (χ0v) is 24.9. The van der Waals surface area contributed by atoms with Gasteiger partial charge in [0, 0.05) is 54.8 Å². The lowest BCUT2D eigenvalue weighted by Crippen LogP contribution is -1.96. The minimum absolute atomic E-state index is 0.678. The number of hydrogen-bond donors (Lipinski definition) is 0. The zero-order valence-electron chi connectivity index (χ0n) is 24.1. The van der Waals surface area contributed by atoms with Gasteiger partial charge in [-0.1, -0.05) is 84.9 Å². The second kappa shape index (κ2) is 11.3. The predicted molar refractivity (Wildman–Crippen MR) is 185 cm³/mol. The van der Waals surface area contributed by atoms with Gasteiger partial charge in [-0.3, -0.25) is 4.98 Å². The molecule has 45 heavy (non-hydrogen) atoms. The number of nitriles is 1. The van der Waals surface area contributed by atoms with Crippen molar-refractivity contribution < 1.29 is 0 Å². The predicted octanol–water partition coefficient (Wildman–Crippen LogP) is 10.4. The van der Waals surface area contributed by atoms with E-state index >= 15 is 0 Å². The summed E-state index contributed by atoms with van der Waals surface area (Å²) in [6.07, 6.45) is 3.69. The van der Waals surface area contributed by atoms with E-state index in [1.807, 2.05) is 72.9 Å². The Morgan fingerprint density at radius 1 is 0.489 bits per heavy atom. The van der Waals surface area contributed by atoms with E-state index in [1.54, 1.807) is 17.5 Å². The van der Waals surface area contributed by atoms with E-state index in [0.717, 1.165) is 55.0 Å². The average Bonchev–Trinajstić information content (AvgIpc) is 3.49. The van der Waals surface area contributed by atoms with Crippen LogP contribution in [0.25, 0.3) is 76.3 Å². The molecule has 3 aromatic heterocycles. The van der Waals surface area contributed by atoms with E-state index in [1.165, 1.54) is 15.5 Å². The molecule has 210 valence electrons. The molecule has 4 nitrogen and oxygen atoms in total. The Labute approximate surface area is 264 Å². The van der Waals surface area contributed by atoms with Crippen LogP contribution in [0.4, 0.5) is 0 Å². The summed E-state index contributed by atoms with van der Waals surface area (Å²) in [4.78, 5) is 14.5. The van der Waals surface area contributed by atoms with Crippen LogP contribution in [-0.4, -0.2) is 15.0 Å². The van der Waals surface area contributed by atoms with Crippen LogP contribution in [0.3, 0.4) is 0 Å². The highest BCUT2D eigenvalue weighted by Gasteiger charge is 2.14. The Balaban J connectivity index is 1.33. The Bertz CT molecular complexity index is 2320. The molecule has 0 radical (unpaired) electrons. The minimum Gasteiger partial charge on any atom is -0.264 e. The van der Waals surface area contributed by atoms with Crippen molar-refractivity contribution in [2.24, 2.45) is 0 Å². The molecule has 0 saturated heterocycles. The fourth-order valence-corrected chi connectivity index (χ4v) is 6.92. The second-order valence-electron chi connectivity index (χ2n) is 10.9. The van der Waals surface area contributed by atoms with E-state index < -0.39 is 0 Å². The molecular weight excluding hydrogens is 569 g/mol. The lowest BCUT2D eigenvalue weighted by molar-refractivity contribution is 1.18. The quantitative estimate of drug-likeness (QED) is 0.199. The van der Waals surface area contributed by atoms with Crippen molar-refractivity contribution in [3.63, 3.8) is 0 Å². The van der Waals surface area contributed by atoms with Crippen molar-refractivity contribution in [2.75, 3.05) is 0 Å². The van der Waals surface area contributed by atoms with Gasteiger partial charge < -0.3 is 0 Å². The van der Waals surface area contributed by atoms with Gasteiger partial charge in [-0.25, -0.2) is 9.97 Å². The smallest absolute Gasteiger partial charge is 0.160 e. The van der Waals surface area contributed by atoms with Gasteiger partial charge in [0.05, 0.1) is 23.0 Å². The third-order valence-electron chi connectivity index (χ3n) is 7.99. The maximum atomic E-state index is 9.41. The molecular formula is C40H24N4S. The molecule has 5 aromatic carbocycles. The Kier molecular flexibility index (Phi) is 6.68. The summed E-state index contributed by atoms with van der Waals surface area (Å²) >= 11 is 1.72. The molecule has 0 amide bonds. The topological polar surface area (TPSA) is 62.5 Å². The number of thiophene rings is 1. The van der Waals surface area contributed by atoms with Crippen LogP contribution in [0.5, 0.6) is 0 Å². The number of benzene rings is 5. The van der Waals surface area contributed by atoms with Crippen molar-refractivity contribution in [3.05, 3.63) is 151 Å². The molecule has 0 spiro atoms. The molecule has 0 fully saturated rings. The lowest BCUT2D eigenvalue weighted by Gasteiger charge is -2.13. The summed E-state index contributed by atoms with van der Waals surface area (Å²) in [5, 5.41) is 11.8. The molecule has 8 aromatic rings. The summed E-state index contributed by atoms with van der Waals surface area (Å²) in [5.74, 6) is 0.684. The Hall–Kier alpha value is -5.96. The summed E-state index contributed by atoms with van der Waals surface area (Å²) in [7, 11) is 0. The average molecular weight is 593 g/mol. The molecule has 0 unspecified atom stereocenters. The molecule has 0 aliphatic heterocycles. The highest BCUT2D eigenvalue weighted by atomic mass is 32.1. The summed E-state index contributed by atoms with van der Waals surface area (Å²) in [6.45, 7) is 0. The number of hydrogen-bond acceptors (Lipinski definition) is 5. The fourth-order valence-electron chi connectivity index (χ4n) is 5.74. The first-order valence-corrected chi connectivity index (χ1v) is 15.5. The first-order valence-electron chi connectivity index (χ1n) is 14.6. The summed E-state index contributed by atoms with van der Waals surface area (Å²) < 4.78 is 2.31. The van der Waals surface area contributed by atoms with Crippen LogP contribution in [-0.2, 0) is 0 Å². The van der Waals surface area contributed by atoms with E-state index in [-0.39, 0.29) is 0 Å². The molecule has 0 atom stereocenters. The zero-order chi connectivity index (χ0) is 30.2. The first-order chi connectivity index (χ1) is 22.2. The lowest BCUT2D eigenvalue weighted by atomic mass is 9.94. The molecule has 0 saturated carbocycles. The molecule has 0 aliphatic rings. The van der Waals surface area contributed by atoms with Gasteiger partial charge in [-0.15, -0.1) is 11.3 Å². The number of aromatic nitrogens is 3. The minimum atomic E-state index is 0.678. The van der Waals surface area contributed by atoms with Gasteiger partial charge in [0.15, 0.2) is 5.82 Å². The van der Waals surface area contributed by atoms with Gasteiger partial charge in [0.25, 0.3) is 0 Å². The van der Waals surface area contributed by atoms with Crippen LogP contribution >= 0.6 is 11.3 Å². The Morgan fingerprint density at radius 2 is 1.11 bits per heavy atom. The maximum Gasteiger partial charge on any atom is 0.160 e. The van der Waals surface area contributed by atoms with E-state index in [9.17, 15) is 5.26 Å². The van der Waals surface area contributed by atoms with E-state index in [0.29, 0.717) is 11.4 Å². The van der Waals surface area contributed by atoms with Crippen LogP contribution < -0.4 is 0 Å². The Morgan fingerprint density at radius 3 is 1.82 bits per heavy atom. The van der Waals surface area contributed by atoms with Gasteiger partial charge in [-0.2, -0.15) is 5.26 Å². The van der Waals surface area contributed by atoms with Crippen LogP contribution in [0.15, 0.2) is 146 Å². The van der Waals surface area contributed by atoms with Crippen molar-refractivity contribution in [2.45, 2.75) is 0 Å². The molecule has 0 aliphatic carbocycles. The van der Waals surface area contributed by atoms with Gasteiger partial charge in [0.2, 0.25) is 0 Å². The van der Waals surface area contributed by atoms with Crippen molar-refractivity contribution in [1.82, 2.24) is 15.0 Å². The summed E-state index contributed by atoms with van der Waals surface area (Å²) in [5.41, 5.74) is 9.70. The van der Waals surface area contributed by atoms with Crippen molar-refractivity contribution in [3.8, 4) is 62.2 Å². The number of fused-ring (bicyclic) bond motifs is 3. The molecule has 0 bridgehead atoms. The van der Waals surface area contributed by atoms with Crippen LogP contribution in [0, 0.1) is 11.3 Å². The number of nitrogens with zero attached hydrogens (tertiary/aromatic N) is 4. The SMILES string of the molecule is N#Cc1ccc2c(c1)sc1cc(-c3cc(-c4cccnc4)cc(-c4cc(-c5ccccc5)nc(-c5ccccc5)n4)c3)ccc12. The number of pyridine rings is 1. The monoisotopic (exact) mass is 592 g/mol. The van der Waals surface area contributed by atoms with Gasteiger partial charge in [0.1, 0.15) is 0 Å². The highest BCUT2D eigenvalue weighted by Crippen LogP contribution is 2.39. The van der Waals surface area contributed by atoms with Crippen LogP contribution in [0.2, 0.25) is 0 Å². The molecule has 5 heteroatoms. The van der Waals surface area contributed by atoms with Crippen molar-refractivity contribution >= 4 is 31.5 Å². The van der Waals surface area contributed by atoms with E-state index in [4.69, 9.17) is 9.97 Å². The standard InChI is InChI=1S/C40H24N4S/c41-24-26-13-15-34-35-16-14-29(22-39(35)45-38(34)18-26)31-19-32(30-12-7-17-42-25-30)21-33(20-31)37-23-36(27-8-3-1-4-9-27)43-40(44-37)28-10-5-2-6-11-28/h1-23,25H. The van der Waals surface area contributed by atoms with E-state index in [2.05, 4.69) is 77.8 Å². The molecule has 0 N–H and O–H groups in total. The number of rotatable bonds is 5. The molecule has 8 rings (SSSR count). The first kappa shape index (κ1) is 26.7. The largest absolute Gasteiger partial charge is 0.264 e. The fraction of sp³-hybridized carbons (Fsp3) is 0. The second-order valence-corrected chi connectivity index (χ2v) is 12.0. The van der Waals surface area contributed by atoms with Crippen LogP contribution in [0.1, 0.15) is 5.56 Å². The van der Waals surface area contributed by atoms with Gasteiger partial charge >= 0.3 is 0 Å². The van der Waals surface area contributed by atoms with Gasteiger partial charge in [-0.05, 0) is 65.2 Å². The summed E-state index contributed by atoms with van der Waals surface area (Å²) in [6, 6.07) is 47.9.